The minimum Gasteiger partial charge on any atom is -0.497 e. The first kappa shape index (κ1) is 35.4. The fraction of sp³-hybridized carbons (Fsp3) is 0.541. The average Bonchev–Trinajstić information content (AvgIpc) is 3.98. The number of aromatic nitrogens is 2. The molecule has 3 amide bonds. The van der Waals surface area contributed by atoms with E-state index in [1.807, 2.05) is 41.8 Å². The molecule has 3 heterocycles. The van der Waals surface area contributed by atoms with Gasteiger partial charge < -0.3 is 19.7 Å². The molecular weight excluding hydrogens is 691 g/mol. The van der Waals surface area contributed by atoms with Crippen LogP contribution in [0.1, 0.15) is 76.8 Å². The van der Waals surface area contributed by atoms with Crippen LogP contribution in [-0.4, -0.2) is 78.6 Å². The molecule has 1 aliphatic heterocycles. The summed E-state index contributed by atoms with van der Waals surface area (Å²) in [5.74, 6) is -1.67. The van der Waals surface area contributed by atoms with Crippen LogP contribution < -0.4 is 19.5 Å². The molecule has 12 nitrogen and oxygen atoms in total. The number of rotatable bonds is 8. The third kappa shape index (κ3) is 7.21. The normalized spacial score (nSPS) is 27.7. The number of hydrogen-bond donors (Lipinski definition) is 2. The summed E-state index contributed by atoms with van der Waals surface area (Å²) in [6.45, 7) is 4.74. The molecule has 3 fully saturated rings. The lowest BCUT2D eigenvalue weighted by Crippen LogP contribution is -2.54. The van der Waals surface area contributed by atoms with Crippen LogP contribution in [0.4, 0.5) is 0 Å². The highest BCUT2D eigenvalue weighted by atomic mass is 32.2. The molecule has 2 N–H and O–H groups in total. The van der Waals surface area contributed by atoms with Gasteiger partial charge in [-0.2, -0.15) is 0 Å². The maximum Gasteiger partial charge on any atom is 0.259 e. The Morgan fingerprint density at radius 2 is 1.90 bits per heavy atom. The van der Waals surface area contributed by atoms with Gasteiger partial charge in [0.25, 0.3) is 5.91 Å². The SMILES string of the molecule is COc1ccc2c(O[C@@H]3C[C@H]4C(=O)N[C@]5(C(=O)NS(=O)(=O)C6CC6)C[C@@H]5/C=C\CCCCN(C)C(=O)[C@@H]4C3)cc(-c3nc(C(C)C)cs3)nc2c1. The van der Waals surface area contributed by atoms with Crippen molar-refractivity contribution in [1.82, 2.24) is 24.9 Å². The van der Waals surface area contributed by atoms with Crippen molar-refractivity contribution in [3.05, 3.63) is 47.5 Å². The number of pyridine rings is 1. The second kappa shape index (κ2) is 13.8. The minimum atomic E-state index is -3.82. The van der Waals surface area contributed by atoms with Crippen molar-refractivity contribution in [3.63, 3.8) is 0 Å². The number of thiazole rings is 1. The molecule has 3 aliphatic carbocycles. The lowest BCUT2D eigenvalue weighted by Gasteiger charge is -2.26. The quantitative estimate of drug-likeness (QED) is 0.306. The lowest BCUT2D eigenvalue weighted by molar-refractivity contribution is -0.140. The summed E-state index contributed by atoms with van der Waals surface area (Å²) in [5, 5.41) is 5.91. The maximum absolute atomic E-state index is 14.2. The minimum absolute atomic E-state index is 0.148. The molecule has 4 aliphatic rings. The number of nitrogens with one attached hydrogen (secondary N) is 2. The predicted octanol–water partition coefficient (Wildman–Crippen LogP) is 4.95. The van der Waals surface area contributed by atoms with E-state index in [0.717, 1.165) is 35.4 Å². The van der Waals surface area contributed by atoms with Crippen molar-refractivity contribution >= 4 is 50.0 Å². The molecule has 0 spiro atoms. The van der Waals surface area contributed by atoms with Crippen molar-refractivity contribution in [2.45, 2.75) is 88.0 Å². The Balaban J connectivity index is 1.19. The number of sulfonamides is 1. The van der Waals surface area contributed by atoms with Gasteiger partial charge in [0.1, 0.15) is 33.8 Å². The Labute approximate surface area is 302 Å². The fourth-order valence-corrected chi connectivity index (χ4v) is 9.55. The molecule has 0 radical (unpaired) electrons. The molecule has 272 valence electrons. The van der Waals surface area contributed by atoms with Crippen molar-refractivity contribution in [1.29, 1.82) is 0 Å². The van der Waals surface area contributed by atoms with Gasteiger partial charge in [-0.1, -0.05) is 26.0 Å². The Bertz CT molecular complexity index is 1990. The van der Waals surface area contributed by atoms with Gasteiger partial charge in [0.2, 0.25) is 21.8 Å². The van der Waals surface area contributed by atoms with Gasteiger partial charge >= 0.3 is 0 Å². The highest BCUT2D eigenvalue weighted by molar-refractivity contribution is 7.91. The van der Waals surface area contributed by atoms with E-state index < -0.39 is 50.6 Å². The largest absolute Gasteiger partial charge is 0.497 e. The maximum atomic E-state index is 14.2. The van der Waals surface area contributed by atoms with Gasteiger partial charge in [0.05, 0.1) is 35.4 Å². The second-order valence-corrected chi connectivity index (χ2v) is 17.5. The van der Waals surface area contributed by atoms with Crippen LogP contribution in [0.3, 0.4) is 0 Å². The highest BCUT2D eigenvalue weighted by Gasteiger charge is 2.62. The Hall–Kier alpha value is -4.04. The molecule has 3 aromatic rings. The number of methoxy groups -OCH3 is 1. The standard InChI is InChI=1S/C37H45N5O7S2/c1-21(2)31-20-50-34(39-31)30-18-32(26-13-10-23(48-4)17-29(26)38-30)49-24-15-27-28(16-24)35(44)42(3)14-8-6-5-7-9-22-19-37(22,40-33(27)43)36(45)41-51(46,47)25-11-12-25/h7,9-10,13,17-18,20-22,24-25,27-28H,5-6,8,11-12,14-16,19H2,1-4H3,(H,40,43)(H,41,45)/b9-7-/t22-,24+,27+,28+,37+/m0/s1. The molecule has 1 aromatic carbocycles. The zero-order valence-electron chi connectivity index (χ0n) is 29.4. The molecule has 7 rings (SSSR count). The zero-order valence-corrected chi connectivity index (χ0v) is 31.0. The van der Waals surface area contributed by atoms with E-state index >= 15 is 0 Å². The highest BCUT2D eigenvalue weighted by Crippen LogP contribution is 2.47. The summed E-state index contributed by atoms with van der Waals surface area (Å²) < 4.78 is 40.0. The topological polar surface area (TPSA) is 157 Å². The zero-order chi connectivity index (χ0) is 36.1. The van der Waals surface area contributed by atoms with Gasteiger partial charge in [-0.05, 0) is 69.4 Å². The van der Waals surface area contributed by atoms with E-state index in [-0.39, 0.29) is 30.6 Å². The first-order valence-corrected chi connectivity index (χ1v) is 20.2. The van der Waals surface area contributed by atoms with Gasteiger partial charge in [0.15, 0.2) is 0 Å². The van der Waals surface area contributed by atoms with E-state index in [9.17, 15) is 22.8 Å². The van der Waals surface area contributed by atoms with Crippen molar-refractivity contribution in [3.8, 4) is 22.2 Å². The number of carbonyl (C=O) groups excluding carboxylic acids is 3. The lowest BCUT2D eigenvalue weighted by atomic mass is 9.93. The molecule has 2 aromatic heterocycles. The van der Waals surface area contributed by atoms with Crippen LogP contribution in [0.5, 0.6) is 11.5 Å². The van der Waals surface area contributed by atoms with Crippen molar-refractivity contribution in [2.75, 3.05) is 20.7 Å². The number of amides is 3. The number of nitrogens with zero attached hydrogens (tertiary/aromatic N) is 3. The van der Waals surface area contributed by atoms with Crippen LogP contribution in [0.25, 0.3) is 21.6 Å². The summed E-state index contributed by atoms with van der Waals surface area (Å²) in [6, 6.07) is 7.43. The average molecular weight is 736 g/mol. The van der Waals surface area contributed by atoms with Gasteiger partial charge in [-0.25, -0.2) is 18.4 Å². The second-order valence-electron chi connectivity index (χ2n) is 14.7. The molecule has 0 unspecified atom stereocenters. The van der Waals surface area contributed by atoms with E-state index in [1.54, 1.807) is 19.1 Å². The summed E-state index contributed by atoms with van der Waals surface area (Å²) in [4.78, 5) is 53.2. The monoisotopic (exact) mass is 735 g/mol. The Morgan fingerprint density at radius 3 is 2.63 bits per heavy atom. The number of fused-ring (bicyclic) bond motifs is 3. The van der Waals surface area contributed by atoms with E-state index in [1.165, 1.54) is 11.3 Å². The van der Waals surface area contributed by atoms with Crippen LogP contribution in [0.15, 0.2) is 41.8 Å². The van der Waals surface area contributed by atoms with Crippen LogP contribution in [0.2, 0.25) is 0 Å². The predicted molar refractivity (Wildman–Crippen MR) is 194 cm³/mol. The molecule has 0 bridgehead atoms. The number of carbonyl (C=O) groups is 3. The smallest absolute Gasteiger partial charge is 0.259 e. The number of hydrogen-bond acceptors (Lipinski definition) is 10. The van der Waals surface area contributed by atoms with Crippen LogP contribution in [-0.2, 0) is 24.4 Å². The number of allylic oxidation sites excluding steroid dienone is 1. The summed E-state index contributed by atoms with van der Waals surface area (Å²) >= 11 is 1.51. The van der Waals surface area contributed by atoms with E-state index in [0.29, 0.717) is 48.5 Å². The number of benzene rings is 1. The van der Waals surface area contributed by atoms with Gasteiger partial charge in [-0.3, -0.25) is 19.1 Å². The molecule has 0 saturated heterocycles. The fourth-order valence-electron chi connectivity index (χ4n) is 7.25. The van der Waals surface area contributed by atoms with Gasteiger partial charge in [-0.15, -0.1) is 11.3 Å². The molecule has 5 atom stereocenters. The van der Waals surface area contributed by atoms with Gasteiger partial charge in [0, 0.05) is 42.4 Å². The van der Waals surface area contributed by atoms with Crippen molar-refractivity contribution < 1.29 is 32.3 Å². The Kier molecular flexibility index (Phi) is 9.59. The summed E-state index contributed by atoms with van der Waals surface area (Å²) in [6.07, 6.45) is 7.62. The summed E-state index contributed by atoms with van der Waals surface area (Å²) in [5.41, 5.74) is 0.890. The first-order chi connectivity index (χ1) is 24.4. The first-order valence-electron chi connectivity index (χ1n) is 17.8. The van der Waals surface area contributed by atoms with Crippen LogP contribution >= 0.6 is 11.3 Å². The third-order valence-electron chi connectivity index (χ3n) is 10.6. The third-order valence-corrected chi connectivity index (χ3v) is 13.3. The van der Waals surface area contributed by atoms with E-state index in [2.05, 4.69) is 23.9 Å². The molecule has 3 saturated carbocycles. The van der Waals surface area contributed by atoms with Crippen LogP contribution in [0, 0.1) is 17.8 Å². The van der Waals surface area contributed by atoms with E-state index in [4.69, 9.17) is 19.4 Å². The molecular formula is C37H45N5O7S2. The molecule has 14 heteroatoms. The molecule has 51 heavy (non-hydrogen) atoms. The Morgan fingerprint density at radius 1 is 1.12 bits per heavy atom. The van der Waals surface area contributed by atoms with Crippen molar-refractivity contribution in [2.24, 2.45) is 17.8 Å². The number of ether oxygens (including phenoxy) is 2. The summed E-state index contributed by atoms with van der Waals surface area (Å²) in [7, 11) is -0.465.